The molecule has 0 aliphatic carbocycles. The van der Waals surface area contributed by atoms with Gasteiger partial charge in [-0.2, -0.15) is 0 Å². The van der Waals surface area contributed by atoms with Crippen LogP contribution < -0.4 is 20.1 Å². The van der Waals surface area contributed by atoms with Crippen molar-refractivity contribution >= 4 is 5.96 Å². The summed E-state index contributed by atoms with van der Waals surface area (Å²) >= 11 is 0. The molecule has 1 atom stereocenters. The molecule has 4 rings (SSSR count). The summed E-state index contributed by atoms with van der Waals surface area (Å²) in [6.45, 7) is 1.72. The van der Waals surface area contributed by atoms with Gasteiger partial charge in [-0.3, -0.25) is 4.99 Å². The van der Waals surface area contributed by atoms with E-state index in [1.807, 2.05) is 60.7 Å². The van der Waals surface area contributed by atoms with E-state index < -0.39 is 0 Å². The predicted octanol–water partition coefficient (Wildman–Crippen LogP) is 3.33. The van der Waals surface area contributed by atoms with Gasteiger partial charge in [-0.15, -0.1) is 0 Å². The molecule has 30 heavy (non-hydrogen) atoms. The molecule has 2 heterocycles. The minimum absolute atomic E-state index is 0.101. The van der Waals surface area contributed by atoms with E-state index >= 15 is 0 Å². The lowest BCUT2D eigenvalue weighted by Crippen LogP contribution is -2.42. The summed E-state index contributed by atoms with van der Waals surface area (Å²) in [5, 5.41) is 6.68. The average molecular weight is 402 g/mol. The van der Waals surface area contributed by atoms with E-state index in [0.29, 0.717) is 31.5 Å². The summed E-state index contributed by atoms with van der Waals surface area (Å²) in [4.78, 5) is 8.70. The molecule has 6 nitrogen and oxygen atoms in total. The Bertz CT molecular complexity index is 966. The molecule has 1 aliphatic heterocycles. The summed E-state index contributed by atoms with van der Waals surface area (Å²) < 4.78 is 11.9. The Kier molecular flexibility index (Phi) is 6.44. The Hall–Kier alpha value is -3.54. The van der Waals surface area contributed by atoms with Crippen molar-refractivity contribution in [1.82, 2.24) is 15.6 Å². The molecule has 2 aromatic carbocycles. The van der Waals surface area contributed by atoms with Crippen LogP contribution in [0, 0.1) is 0 Å². The number of guanidine groups is 1. The third kappa shape index (κ3) is 5.08. The van der Waals surface area contributed by atoms with Crippen molar-refractivity contribution in [1.29, 1.82) is 0 Å². The van der Waals surface area contributed by atoms with Gasteiger partial charge in [0.15, 0.2) is 5.96 Å². The summed E-state index contributed by atoms with van der Waals surface area (Å²) in [5.74, 6) is 2.31. The Balaban J connectivity index is 1.28. The normalized spacial score (nSPS) is 15.2. The van der Waals surface area contributed by atoms with Gasteiger partial charge in [-0.1, -0.05) is 54.6 Å². The lowest BCUT2D eigenvalue weighted by atomic mass is 10.1. The monoisotopic (exact) mass is 402 g/mol. The largest absolute Gasteiger partial charge is 0.488 e. The zero-order valence-corrected chi connectivity index (χ0v) is 17.0. The highest BCUT2D eigenvalue weighted by Crippen LogP contribution is 2.27. The van der Waals surface area contributed by atoms with Gasteiger partial charge in [0.05, 0.1) is 6.54 Å². The first-order chi connectivity index (χ1) is 14.8. The second-order valence-electron chi connectivity index (χ2n) is 7.10. The van der Waals surface area contributed by atoms with Crippen LogP contribution in [-0.4, -0.2) is 30.6 Å². The van der Waals surface area contributed by atoms with Gasteiger partial charge in [0.2, 0.25) is 5.88 Å². The smallest absolute Gasteiger partial charge is 0.218 e. The zero-order valence-electron chi connectivity index (χ0n) is 17.0. The van der Waals surface area contributed by atoms with Crippen LogP contribution in [0.25, 0.3) is 0 Å². The third-order valence-corrected chi connectivity index (χ3v) is 4.95. The maximum Gasteiger partial charge on any atom is 0.218 e. The molecule has 0 radical (unpaired) electrons. The molecule has 6 heteroatoms. The molecule has 1 aromatic heterocycles. The first-order valence-corrected chi connectivity index (χ1v) is 10.1. The van der Waals surface area contributed by atoms with Crippen molar-refractivity contribution < 1.29 is 9.47 Å². The number of fused-ring (bicyclic) bond motifs is 1. The minimum Gasteiger partial charge on any atom is -0.488 e. The fourth-order valence-electron chi connectivity index (χ4n) is 3.39. The number of hydrogen-bond acceptors (Lipinski definition) is 4. The number of para-hydroxylation sites is 1. The van der Waals surface area contributed by atoms with Gasteiger partial charge < -0.3 is 20.1 Å². The molecule has 0 saturated heterocycles. The Morgan fingerprint density at radius 3 is 2.73 bits per heavy atom. The van der Waals surface area contributed by atoms with Gasteiger partial charge in [0, 0.05) is 31.8 Å². The lowest BCUT2D eigenvalue weighted by molar-refractivity contribution is 0.235. The Morgan fingerprint density at radius 1 is 1.07 bits per heavy atom. The van der Waals surface area contributed by atoms with Gasteiger partial charge in [-0.05, 0) is 23.3 Å². The van der Waals surface area contributed by atoms with Crippen LogP contribution in [0.5, 0.6) is 11.6 Å². The summed E-state index contributed by atoms with van der Waals surface area (Å²) in [6.07, 6.45) is 2.75. The van der Waals surface area contributed by atoms with Crippen molar-refractivity contribution in [3.63, 3.8) is 0 Å². The van der Waals surface area contributed by atoms with E-state index in [1.54, 1.807) is 13.2 Å². The molecule has 2 N–H and O–H groups in total. The molecule has 0 spiro atoms. The molecule has 154 valence electrons. The number of ether oxygens (including phenoxy) is 2. The Morgan fingerprint density at radius 2 is 1.90 bits per heavy atom. The number of benzene rings is 2. The van der Waals surface area contributed by atoms with E-state index in [1.165, 1.54) is 5.56 Å². The molecule has 0 amide bonds. The highest BCUT2D eigenvalue weighted by atomic mass is 16.5. The number of nitrogens with zero attached hydrogens (tertiary/aromatic N) is 2. The second kappa shape index (κ2) is 9.78. The number of aromatic nitrogens is 1. The van der Waals surface area contributed by atoms with Crippen molar-refractivity contribution in [2.24, 2.45) is 4.99 Å². The van der Waals surface area contributed by atoms with Gasteiger partial charge in [0.1, 0.15) is 18.5 Å². The molecule has 1 unspecified atom stereocenters. The van der Waals surface area contributed by atoms with Gasteiger partial charge in [-0.25, -0.2) is 4.98 Å². The number of aliphatic imine (C=N–C) groups is 1. The fourth-order valence-corrected chi connectivity index (χ4v) is 3.39. The van der Waals surface area contributed by atoms with Crippen LogP contribution in [0.2, 0.25) is 0 Å². The van der Waals surface area contributed by atoms with Gasteiger partial charge in [0.25, 0.3) is 0 Å². The average Bonchev–Trinajstić information content (AvgIpc) is 3.22. The molecule has 0 bridgehead atoms. The van der Waals surface area contributed by atoms with E-state index in [2.05, 4.69) is 26.7 Å². The van der Waals surface area contributed by atoms with Crippen molar-refractivity contribution in [2.45, 2.75) is 25.7 Å². The van der Waals surface area contributed by atoms with Crippen LogP contribution in [0.1, 0.15) is 16.7 Å². The lowest BCUT2D eigenvalue weighted by Gasteiger charge is -2.16. The number of hydrogen-bond donors (Lipinski definition) is 2. The molecule has 1 aliphatic rings. The molecule has 0 saturated carbocycles. The first kappa shape index (κ1) is 19.8. The maximum absolute atomic E-state index is 5.98. The summed E-state index contributed by atoms with van der Waals surface area (Å²) in [5.41, 5.74) is 3.33. The van der Waals surface area contributed by atoms with Crippen LogP contribution in [0.3, 0.4) is 0 Å². The van der Waals surface area contributed by atoms with E-state index in [0.717, 1.165) is 23.3 Å². The highest BCUT2D eigenvalue weighted by Gasteiger charge is 2.22. The molecular formula is C24H26N4O2. The topological polar surface area (TPSA) is 67.8 Å². The van der Waals surface area contributed by atoms with Crippen LogP contribution in [-0.2, 0) is 19.6 Å². The van der Waals surface area contributed by atoms with E-state index in [-0.39, 0.29) is 6.10 Å². The SMILES string of the molecule is CN=C(NCc1cccnc1OCc1ccccc1)NCC1Cc2ccccc2O1. The highest BCUT2D eigenvalue weighted by molar-refractivity contribution is 5.79. The maximum atomic E-state index is 5.98. The number of nitrogens with one attached hydrogen (secondary N) is 2. The fraction of sp³-hybridized carbons (Fsp3) is 0.250. The minimum atomic E-state index is 0.101. The molecular weight excluding hydrogens is 376 g/mol. The van der Waals surface area contributed by atoms with E-state index in [9.17, 15) is 0 Å². The summed E-state index contributed by atoms with van der Waals surface area (Å²) in [6, 6.07) is 22.2. The van der Waals surface area contributed by atoms with Crippen LogP contribution in [0.15, 0.2) is 77.9 Å². The van der Waals surface area contributed by atoms with Gasteiger partial charge >= 0.3 is 0 Å². The van der Waals surface area contributed by atoms with Crippen LogP contribution >= 0.6 is 0 Å². The molecule has 3 aromatic rings. The van der Waals surface area contributed by atoms with Crippen LogP contribution in [0.4, 0.5) is 0 Å². The van der Waals surface area contributed by atoms with E-state index in [4.69, 9.17) is 9.47 Å². The summed E-state index contributed by atoms with van der Waals surface area (Å²) in [7, 11) is 1.76. The zero-order chi connectivity index (χ0) is 20.6. The molecule has 0 fully saturated rings. The number of pyridine rings is 1. The predicted molar refractivity (Wildman–Crippen MR) is 118 cm³/mol. The number of rotatable bonds is 7. The van der Waals surface area contributed by atoms with Crippen molar-refractivity contribution in [3.05, 3.63) is 89.6 Å². The van der Waals surface area contributed by atoms with Crippen molar-refractivity contribution in [2.75, 3.05) is 13.6 Å². The first-order valence-electron chi connectivity index (χ1n) is 10.1. The third-order valence-electron chi connectivity index (χ3n) is 4.95. The van der Waals surface area contributed by atoms with Crippen molar-refractivity contribution in [3.8, 4) is 11.6 Å². The Labute approximate surface area is 177 Å². The second-order valence-corrected chi connectivity index (χ2v) is 7.10. The standard InChI is InChI=1S/C24H26N4O2/c1-25-24(28-16-21-14-19-10-5-6-12-22(19)30-21)27-15-20-11-7-13-26-23(20)29-17-18-8-3-2-4-9-18/h2-13,21H,14-17H2,1H3,(H2,25,27,28). The quantitative estimate of drug-likeness (QED) is 0.469.